The third kappa shape index (κ3) is 3.73. The molecule has 2 aliphatic rings. The fourth-order valence-electron chi connectivity index (χ4n) is 4.21. The molecule has 0 aliphatic carbocycles. The molecule has 28 heavy (non-hydrogen) atoms. The third-order valence-electron chi connectivity index (χ3n) is 5.65. The van der Waals surface area contributed by atoms with Crippen molar-refractivity contribution >= 4 is 32.4 Å². The van der Waals surface area contributed by atoms with E-state index in [0.717, 1.165) is 36.1 Å². The van der Waals surface area contributed by atoms with Gasteiger partial charge in [-0.3, -0.25) is 9.10 Å². The molecule has 1 amide bonds. The second kappa shape index (κ2) is 8.09. The van der Waals surface area contributed by atoms with Crippen molar-refractivity contribution in [3.8, 4) is 0 Å². The second-order valence-corrected chi connectivity index (χ2v) is 9.40. The van der Waals surface area contributed by atoms with Crippen LogP contribution in [0.3, 0.4) is 0 Å². The van der Waals surface area contributed by atoms with Gasteiger partial charge in [-0.2, -0.15) is 0 Å². The highest BCUT2D eigenvalue weighted by Gasteiger charge is 2.34. The first-order valence-corrected chi connectivity index (χ1v) is 11.5. The Balaban J connectivity index is 1.30. The summed E-state index contributed by atoms with van der Waals surface area (Å²) in [5.41, 5.74) is 0.721. The van der Waals surface area contributed by atoms with Crippen molar-refractivity contribution in [3.05, 3.63) is 36.4 Å². The molecule has 2 aromatic rings. The molecule has 2 aliphatic heterocycles. The van der Waals surface area contributed by atoms with Gasteiger partial charge >= 0.3 is 0 Å². The minimum absolute atomic E-state index is 0.00988. The van der Waals surface area contributed by atoms with Gasteiger partial charge in [-0.1, -0.05) is 30.7 Å². The van der Waals surface area contributed by atoms with Crippen molar-refractivity contribution in [2.45, 2.75) is 37.0 Å². The van der Waals surface area contributed by atoms with Crippen LogP contribution in [-0.4, -0.2) is 51.9 Å². The van der Waals surface area contributed by atoms with Crippen molar-refractivity contribution in [1.82, 2.24) is 10.2 Å². The molecule has 1 fully saturated rings. The van der Waals surface area contributed by atoms with Crippen molar-refractivity contribution in [2.24, 2.45) is 0 Å². The lowest BCUT2D eigenvalue weighted by Gasteiger charge is -2.26. The fraction of sp³-hybridized carbons (Fsp3) is 0.476. The first-order chi connectivity index (χ1) is 13.6. The summed E-state index contributed by atoms with van der Waals surface area (Å²) in [5, 5.41) is 4.68. The predicted molar refractivity (Wildman–Crippen MR) is 111 cm³/mol. The smallest absolute Gasteiger partial charge is 0.265 e. The van der Waals surface area contributed by atoms with E-state index in [0.29, 0.717) is 30.8 Å². The van der Waals surface area contributed by atoms with Gasteiger partial charge in [-0.25, -0.2) is 8.42 Å². The summed E-state index contributed by atoms with van der Waals surface area (Å²) in [4.78, 5) is 14.9. The van der Waals surface area contributed by atoms with Crippen LogP contribution in [0.4, 0.5) is 5.69 Å². The monoisotopic (exact) mass is 401 g/mol. The number of carbonyl (C=O) groups is 1. The van der Waals surface area contributed by atoms with Gasteiger partial charge in [-0.05, 0) is 49.9 Å². The average molecular weight is 402 g/mol. The summed E-state index contributed by atoms with van der Waals surface area (Å²) in [7, 11) is -3.53. The maximum atomic E-state index is 12.9. The van der Waals surface area contributed by atoms with Crippen molar-refractivity contribution in [3.63, 3.8) is 0 Å². The maximum Gasteiger partial charge on any atom is 0.265 e. The number of nitrogens with one attached hydrogen (secondary N) is 1. The zero-order chi connectivity index (χ0) is 19.6. The number of anilines is 1. The fourth-order valence-corrected chi connectivity index (χ4v) is 5.96. The Morgan fingerprint density at radius 3 is 2.54 bits per heavy atom. The number of sulfonamides is 1. The van der Waals surface area contributed by atoms with Gasteiger partial charge in [0.15, 0.2) is 0 Å². The van der Waals surface area contributed by atoms with E-state index in [1.165, 1.54) is 23.6 Å². The van der Waals surface area contributed by atoms with Crippen LogP contribution in [0, 0.1) is 0 Å². The van der Waals surface area contributed by atoms with Gasteiger partial charge in [0.25, 0.3) is 10.0 Å². The van der Waals surface area contributed by atoms with Crippen LogP contribution in [0.25, 0.3) is 10.8 Å². The molecule has 6 nitrogen and oxygen atoms in total. The molecule has 1 saturated heterocycles. The van der Waals surface area contributed by atoms with E-state index in [2.05, 4.69) is 10.2 Å². The van der Waals surface area contributed by atoms with Crippen LogP contribution >= 0.6 is 0 Å². The molecule has 1 N–H and O–H groups in total. The number of hydrogen-bond donors (Lipinski definition) is 1. The van der Waals surface area contributed by atoms with Gasteiger partial charge < -0.3 is 10.2 Å². The largest absolute Gasteiger partial charge is 0.355 e. The van der Waals surface area contributed by atoms with Crippen molar-refractivity contribution in [1.29, 1.82) is 0 Å². The predicted octanol–water partition coefficient (Wildman–Crippen LogP) is 2.73. The molecule has 2 aromatic carbocycles. The summed E-state index contributed by atoms with van der Waals surface area (Å²) in [5.74, 6) is -0.00988. The zero-order valence-corrected chi connectivity index (χ0v) is 16.9. The highest BCUT2D eigenvalue weighted by molar-refractivity contribution is 7.93. The summed E-state index contributed by atoms with van der Waals surface area (Å²) >= 11 is 0. The molecule has 2 heterocycles. The second-order valence-electron chi connectivity index (χ2n) is 7.56. The zero-order valence-electron chi connectivity index (χ0n) is 16.1. The Labute approximate surface area is 166 Å². The molecule has 0 aromatic heterocycles. The van der Waals surface area contributed by atoms with Gasteiger partial charge in [0.2, 0.25) is 5.91 Å². The van der Waals surface area contributed by atoms with Gasteiger partial charge in [-0.15, -0.1) is 0 Å². The molecule has 0 spiro atoms. The van der Waals surface area contributed by atoms with Crippen LogP contribution in [-0.2, 0) is 14.8 Å². The summed E-state index contributed by atoms with van der Waals surface area (Å²) in [6.07, 6.45) is 4.62. The summed E-state index contributed by atoms with van der Waals surface area (Å²) in [6.45, 7) is 4.11. The lowest BCUT2D eigenvalue weighted by atomic mass is 10.1. The highest BCUT2D eigenvalue weighted by Crippen LogP contribution is 2.41. The average Bonchev–Trinajstić information content (AvgIpc) is 2.92. The standard InChI is InChI=1S/C21H27N3O3S/c25-20(22-12-16-23-13-2-1-3-14-23)11-6-15-24-18-9-4-7-17-8-5-10-19(21(17)18)28(24,26)27/h4-5,7-10H,1-3,6,11-16H2,(H,22,25). The van der Waals surface area contributed by atoms with Crippen molar-refractivity contribution in [2.75, 3.05) is 37.0 Å². The quantitative estimate of drug-likeness (QED) is 0.775. The first-order valence-electron chi connectivity index (χ1n) is 10.1. The van der Waals surface area contributed by atoms with E-state index < -0.39 is 10.0 Å². The van der Waals surface area contributed by atoms with Crippen LogP contribution < -0.4 is 9.62 Å². The molecule has 4 rings (SSSR count). The molecule has 0 atom stereocenters. The highest BCUT2D eigenvalue weighted by atomic mass is 32.2. The first kappa shape index (κ1) is 19.2. The van der Waals surface area contributed by atoms with E-state index in [1.54, 1.807) is 12.1 Å². The molecular formula is C21H27N3O3S. The van der Waals surface area contributed by atoms with Crippen molar-refractivity contribution < 1.29 is 13.2 Å². The van der Waals surface area contributed by atoms with E-state index in [4.69, 9.17) is 0 Å². The van der Waals surface area contributed by atoms with E-state index in [9.17, 15) is 13.2 Å². The maximum absolute atomic E-state index is 12.9. The lowest BCUT2D eigenvalue weighted by Crippen LogP contribution is -2.37. The summed E-state index contributed by atoms with van der Waals surface area (Å²) in [6, 6.07) is 11.0. The molecule has 0 bridgehead atoms. The Kier molecular flexibility index (Phi) is 5.55. The Morgan fingerprint density at radius 1 is 1.00 bits per heavy atom. The number of carbonyl (C=O) groups excluding carboxylic acids is 1. The topological polar surface area (TPSA) is 69.7 Å². The molecule has 150 valence electrons. The van der Waals surface area contributed by atoms with Crippen LogP contribution in [0.15, 0.2) is 41.3 Å². The minimum atomic E-state index is -3.53. The van der Waals surface area contributed by atoms with E-state index >= 15 is 0 Å². The molecule has 0 saturated carbocycles. The molecular weight excluding hydrogens is 374 g/mol. The number of likely N-dealkylation sites (tertiary alicyclic amines) is 1. The molecule has 7 heteroatoms. The van der Waals surface area contributed by atoms with Crippen LogP contribution in [0.1, 0.15) is 32.1 Å². The van der Waals surface area contributed by atoms with Gasteiger partial charge in [0.1, 0.15) is 0 Å². The Hall–Kier alpha value is -2.12. The molecule has 0 unspecified atom stereocenters. The Bertz CT molecular complexity index is 963. The Morgan fingerprint density at radius 2 is 1.75 bits per heavy atom. The number of nitrogens with zero attached hydrogens (tertiary/aromatic N) is 2. The number of benzene rings is 2. The van der Waals surface area contributed by atoms with Crippen LogP contribution in [0.5, 0.6) is 0 Å². The van der Waals surface area contributed by atoms with Gasteiger partial charge in [0, 0.05) is 31.4 Å². The van der Waals surface area contributed by atoms with E-state index in [1.807, 2.05) is 24.3 Å². The van der Waals surface area contributed by atoms with Gasteiger partial charge in [0.05, 0.1) is 10.6 Å². The number of piperidine rings is 1. The number of hydrogen-bond acceptors (Lipinski definition) is 4. The minimum Gasteiger partial charge on any atom is -0.355 e. The van der Waals surface area contributed by atoms with Crippen LogP contribution in [0.2, 0.25) is 0 Å². The SMILES string of the molecule is O=C(CCCN1c2cccc3cccc(c23)S1(=O)=O)NCCN1CCCCC1. The lowest BCUT2D eigenvalue weighted by molar-refractivity contribution is -0.121. The normalized spacial score (nSPS) is 18.5. The molecule has 0 radical (unpaired) electrons. The summed E-state index contributed by atoms with van der Waals surface area (Å²) < 4.78 is 27.3. The number of rotatable bonds is 7. The number of amides is 1. The third-order valence-corrected chi connectivity index (χ3v) is 7.50. The van der Waals surface area contributed by atoms with E-state index in [-0.39, 0.29) is 5.91 Å².